The first-order chi connectivity index (χ1) is 8.31. The predicted molar refractivity (Wildman–Crippen MR) is 71.4 cm³/mol. The number of nitrogen functional groups attached to an aromatic ring is 1. The molecule has 1 aromatic rings. The number of nitrogens with two attached hydrogens (primary N) is 1. The van der Waals surface area contributed by atoms with Crippen LogP contribution < -0.4 is 11.1 Å². The molecule has 0 saturated carbocycles. The molecule has 102 valence electrons. The van der Waals surface area contributed by atoms with Crippen molar-refractivity contribution in [2.75, 3.05) is 11.1 Å². The molecule has 0 aliphatic heterocycles. The minimum Gasteiger partial charge on any atom is -0.444 e. The van der Waals surface area contributed by atoms with Gasteiger partial charge in [0.25, 0.3) is 0 Å². The second-order valence-corrected chi connectivity index (χ2v) is 5.16. The molecule has 6 heteroatoms. The fraction of sp³-hybridized carbons (Fsp3) is 0.667. The van der Waals surface area contributed by atoms with Crippen LogP contribution in [0.25, 0.3) is 0 Å². The molecule has 0 aliphatic rings. The number of anilines is 2. The number of nitrogens with one attached hydrogen (secondary N) is 1. The third kappa shape index (κ3) is 4.65. The number of hydrogen-bond acceptors (Lipinski definition) is 4. The zero-order chi connectivity index (χ0) is 13.8. The van der Waals surface area contributed by atoms with Gasteiger partial charge in [-0.05, 0) is 27.2 Å². The highest BCUT2D eigenvalue weighted by Gasteiger charge is 2.17. The van der Waals surface area contributed by atoms with Crippen LogP contribution in [0, 0.1) is 0 Å². The van der Waals surface area contributed by atoms with Crippen molar-refractivity contribution in [2.24, 2.45) is 0 Å². The van der Waals surface area contributed by atoms with Gasteiger partial charge in [-0.3, -0.25) is 5.32 Å². The predicted octanol–water partition coefficient (Wildman–Crippen LogP) is 2.61. The van der Waals surface area contributed by atoms with E-state index >= 15 is 0 Å². The molecular weight excluding hydrogens is 232 g/mol. The van der Waals surface area contributed by atoms with Crippen molar-refractivity contribution >= 4 is 17.7 Å². The van der Waals surface area contributed by atoms with Crippen molar-refractivity contribution in [3.63, 3.8) is 0 Å². The van der Waals surface area contributed by atoms with Gasteiger partial charge in [0.1, 0.15) is 17.2 Å². The monoisotopic (exact) mass is 254 g/mol. The Morgan fingerprint density at radius 1 is 1.56 bits per heavy atom. The maximum atomic E-state index is 11.6. The maximum Gasteiger partial charge on any atom is 0.413 e. The normalized spacial score (nSPS) is 11.3. The first-order valence-corrected chi connectivity index (χ1v) is 6.15. The zero-order valence-electron chi connectivity index (χ0n) is 11.5. The summed E-state index contributed by atoms with van der Waals surface area (Å²) in [4.78, 5) is 11.6. The zero-order valence-corrected chi connectivity index (χ0v) is 11.5. The SMILES string of the molecule is CCCCn1nc(N)cc1NC(=O)OC(C)(C)C. The summed E-state index contributed by atoms with van der Waals surface area (Å²) >= 11 is 0. The first kappa shape index (κ1) is 14.3. The van der Waals surface area contributed by atoms with E-state index in [4.69, 9.17) is 10.5 Å². The van der Waals surface area contributed by atoms with E-state index < -0.39 is 11.7 Å². The van der Waals surface area contributed by atoms with Gasteiger partial charge in [-0.15, -0.1) is 0 Å². The molecule has 0 unspecified atom stereocenters. The van der Waals surface area contributed by atoms with E-state index in [2.05, 4.69) is 17.3 Å². The largest absolute Gasteiger partial charge is 0.444 e. The molecule has 3 N–H and O–H groups in total. The lowest BCUT2D eigenvalue weighted by molar-refractivity contribution is 0.0634. The number of nitrogens with zero attached hydrogens (tertiary/aromatic N) is 2. The molecule has 6 nitrogen and oxygen atoms in total. The third-order valence-electron chi connectivity index (χ3n) is 2.15. The first-order valence-electron chi connectivity index (χ1n) is 6.15. The molecule has 0 radical (unpaired) electrons. The second-order valence-electron chi connectivity index (χ2n) is 5.16. The highest BCUT2D eigenvalue weighted by molar-refractivity contribution is 5.84. The van der Waals surface area contributed by atoms with E-state index in [1.807, 2.05) is 20.8 Å². The van der Waals surface area contributed by atoms with Gasteiger partial charge in [0.05, 0.1) is 0 Å². The smallest absolute Gasteiger partial charge is 0.413 e. The minimum atomic E-state index is -0.524. The van der Waals surface area contributed by atoms with E-state index in [0.29, 0.717) is 11.6 Å². The molecule has 0 bridgehead atoms. The number of aromatic nitrogens is 2. The van der Waals surface area contributed by atoms with Crippen LogP contribution in [0.4, 0.5) is 16.4 Å². The molecule has 0 saturated heterocycles. The van der Waals surface area contributed by atoms with Gasteiger partial charge in [0.2, 0.25) is 0 Å². The van der Waals surface area contributed by atoms with E-state index in [9.17, 15) is 4.79 Å². The highest BCUT2D eigenvalue weighted by atomic mass is 16.6. The number of rotatable bonds is 4. The number of carbonyl (C=O) groups excluding carboxylic acids is 1. The van der Waals surface area contributed by atoms with E-state index in [1.165, 1.54) is 0 Å². The summed E-state index contributed by atoms with van der Waals surface area (Å²) in [7, 11) is 0. The van der Waals surface area contributed by atoms with Crippen molar-refractivity contribution in [2.45, 2.75) is 52.7 Å². The van der Waals surface area contributed by atoms with Crippen LogP contribution in [-0.2, 0) is 11.3 Å². The molecule has 0 aliphatic carbocycles. The quantitative estimate of drug-likeness (QED) is 0.865. The van der Waals surface area contributed by atoms with Crippen LogP contribution in [0.15, 0.2) is 6.07 Å². The lowest BCUT2D eigenvalue weighted by Crippen LogP contribution is -2.28. The lowest BCUT2D eigenvalue weighted by atomic mass is 10.2. The summed E-state index contributed by atoms with van der Waals surface area (Å²) in [6.45, 7) is 8.26. The van der Waals surface area contributed by atoms with Crippen LogP contribution in [-0.4, -0.2) is 21.5 Å². The summed E-state index contributed by atoms with van der Waals surface area (Å²) in [5.74, 6) is 0.951. The van der Waals surface area contributed by atoms with Gasteiger partial charge in [-0.25, -0.2) is 9.48 Å². The standard InChI is InChI=1S/C12H22N4O2/c1-5-6-7-16-10(8-9(13)15-16)14-11(17)18-12(2,3)4/h8H,5-7H2,1-4H3,(H2,13,15)(H,14,17). The molecule has 1 amide bonds. The number of aryl methyl sites for hydroxylation is 1. The van der Waals surface area contributed by atoms with Gasteiger partial charge in [0, 0.05) is 12.6 Å². The summed E-state index contributed by atoms with van der Waals surface area (Å²) < 4.78 is 6.86. The van der Waals surface area contributed by atoms with Crippen molar-refractivity contribution in [3.8, 4) is 0 Å². The molecule has 1 aromatic heterocycles. The van der Waals surface area contributed by atoms with Gasteiger partial charge >= 0.3 is 6.09 Å². The van der Waals surface area contributed by atoms with E-state index in [0.717, 1.165) is 19.4 Å². The average molecular weight is 254 g/mol. The van der Waals surface area contributed by atoms with Gasteiger partial charge in [0.15, 0.2) is 0 Å². The number of amides is 1. The van der Waals surface area contributed by atoms with Crippen LogP contribution in [0.3, 0.4) is 0 Å². The summed E-state index contributed by atoms with van der Waals surface area (Å²) in [6.07, 6.45) is 1.52. The Balaban J connectivity index is 2.68. The Morgan fingerprint density at radius 3 is 2.78 bits per heavy atom. The van der Waals surface area contributed by atoms with E-state index in [1.54, 1.807) is 10.7 Å². The van der Waals surface area contributed by atoms with Gasteiger partial charge < -0.3 is 10.5 Å². The number of unbranched alkanes of at least 4 members (excludes halogenated alkanes) is 1. The molecule has 18 heavy (non-hydrogen) atoms. The Labute approximate surface area is 107 Å². The number of hydrogen-bond donors (Lipinski definition) is 2. The summed E-state index contributed by atoms with van der Waals surface area (Å²) in [5.41, 5.74) is 5.11. The third-order valence-corrected chi connectivity index (χ3v) is 2.15. The van der Waals surface area contributed by atoms with Crippen LogP contribution in [0.1, 0.15) is 40.5 Å². The summed E-state index contributed by atoms with van der Waals surface area (Å²) in [5, 5.41) is 6.78. The van der Waals surface area contributed by atoms with Gasteiger partial charge in [-0.1, -0.05) is 13.3 Å². The lowest BCUT2D eigenvalue weighted by Gasteiger charge is -2.19. The minimum absolute atomic E-state index is 0.386. The van der Waals surface area contributed by atoms with Gasteiger partial charge in [-0.2, -0.15) is 5.10 Å². The molecule has 0 atom stereocenters. The molecule has 0 aromatic carbocycles. The second kappa shape index (κ2) is 5.75. The van der Waals surface area contributed by atoms with Crippen LogP contribution >= 0.6 is 0 Å². The Hall–Kier alpha value is -1.72. The van der Waals surface area contributed by atoms with Crippen molar-refractivity contribution in [1.82, 2.24) is 9.78 Å². The maximum absolute atomic E-state index is 11.6. The Kier molecular flexibility index (Phi) is 4.58. The highest BCUT2D eigenvalue weighted by Crippen LogP contribution is 2.15. The van der Waals surface area contributed by atoms with Crippen molar-refractivity contribution < 1.29 is 9.53 Å². The fourth-order valence-corrected chi connectivity index (χ4v) is 1.42. The average Bonchev–Trinajstić information content (AvgIpc) is 2.52. The van der Waals surface area contributed by atoms with Crippen molar-refractivity contribution in [1.29, 1.82) is 0 Å². The number of ether oxygens (including phenoxy) is 1. The Morgan fingerprint density at radius 2 is 2.22 bits per heavy atom. The Bertz CT molecular complexity index is 407. The molecule has 0 spiro atoms. The molecule has 1 heterocycles. The fourth-order valence-electron chi connectivity index (χ4n) is 1.42. The van der Waals surface area contributed by atoms with Crippen LogP contribution in [0.5, 0.6) is 0 Å². The molecule has 0 fully saturated rings. The molecule has 1 rings (SSSR count). The summed E-state index contributed by atoms with van der Waals surface area (Å²) in [6, 6.07) is 1.62. The number of carbonyl (C=O) groups is 1. The van der Waals surface area contributed by atoms with E-state index in [-0.39, 0.29) is 0 Å². The van der Waals surface area contributed by atoms with Crippen molar-refractivity contribution in [3.05, 3.63) is 6.07 Å². The topological polar surface area (TPSA) is 82.2 Å². The van der Waals surface area contributed by atoms with Crippen LogP contribution in [0.2, 0.25) is 0 Å². The molecular formula is C12H22N4O2.